The highest BCUT2D eigenvalue weighted by atomic mass is 79.9. The van der Waals surface area contributed by atoms with Gasteiger partial charge in [-0.2, -0.15) is 5.10 Å². The van der Waals surface area contributed by atoms with Crippen LogP contribution in [0.15, 0.2) is 22.7 Å². The Morgan fingerprint density at radius 2 is 2.04 bits per heavy atom. The van der Waals surface area contributed by atoms with E-state index in [1.54, 1.807) is 19.3 Å². The predicted molar refractivity (Wildman–Crippen MR) is 103 cm³/mol. The second kappa shape index (κ2) is 8.34. The van der Waals surface area contributed by atoms with Crippen molar-refractivity contribution < 1.29 is 14.3 Å². The van der Waals surface area contributed by atoms with Gasteiger partial charge in [0.25, 0.3) is 0 Å². The van der Waals surface area contributed by atoms with Gasteiger partial charge in [0.2, 0.25) is 0 Å². The number of rotatable bonds is 7. The quantitative estimate of drug-likeness (QED) is 0.498. The first-order chi connectivity index (χ1) is 11.9. The highest BCUT2D eigenvalue weighted by molar-refractivity contribution is 9.10. The summed E-state index contributed by atoms with van der Waals surface area (Å²) in [7, 11) is 1.59. The number of ether oxygens (including phenoxy) is 2. The number of aromatic nitrogens is 2. The molecule has 2 aromatic rings. The Balaban J connectivity index is 2.32. The fourth-order valence-corrected chi connectivity index (χ4v) is 3.31. The van der Waals surface area contributed by atoms with E-state index in [1.165, 1.54) is 0 Å². The maximum absolute atomic E-state index is 12.6. The Labute approximate surface area is 156 Å². The number of aryl methyl sites for hydroxylation is 2. The van der Waals surface area contributed by atoms with Crippen LogP contribution in [0.5, 0.6) is 11.5 Å². The molecule has 6 heteroatoms. The number of nitrogens with zero attached hydrogens (tertiary/aromatic N) is 2. The van der Waals surface area contributed by atoms with E-state index < -0.39 is 0 Å². The van der Waals surface area contributed by atoms with Crippen LogP contribution >= 0.6 is 15.9 Å². The van der Waals surface area contributed by atoms with Crippen LogP contribution in [0.1, 0.15) is 41.2 Å². The summed E-state index contributed by atoms with van der Waals surface area (Å²) >= 11 is 3.49. The minimum Gasteiger partial charge on any atom is -0.493 e. The number of carbonyl (C=O) groups excluding carboxylic acids is 1. The lowest BCUT2D eigenvalue weighted by molar-refractivity contribution is 0.104. The average molecular weight is 407 g/mol. The van der Waals surface area contributed by atoms with E-state index in [1.807, 2.05) is 44.5 Å². The summed E-state index contributed by atoms with van der Waals surface area (Å²) in [6.07, 6.45) is 3.34. The number of allylic oxidation sites excluding steroid dienone is 1. The lowest BCUT2D eigenvalue weighted by Gasteiger charge is -2.12. The topological polar surface area (TPSA) is 53.3 Å². The normalized spacial score (nSPS) is 11.1. The molecule has 1 heterocycles. The second-order valence-electron chi connectivity index (χ2n) is 5.53. The van der Waals surface area contributed by atoms with Gasteiger partial charge in [0, 0.05) is 12.2 Å². The molecule has 1 aromatic heterocycles. The molecule has 0 fully saturated rings. The fourth-order valence-electron chi connectivity index (χ4n) is 2.74. The van der Waals surface area contributed by atoms with Crippen LogP contribution in [0, 0.1) is 13.8 Å². The molecule has 0 N–H and O–H groups in total. The van der Waals surface area contributed by atoms with Crippen LogP contribution < -0.4 is 9.47 Å². The average Bonchev–Trinajstić information content (AvgIpc) is 2.88. The molecule has 2 rings (SSSR count). The molecule has 0 radical (unpaired) electrons. The number of benzene rings is 1. The van der Waals surface area contributed by atoms with E-state index in [-0.39, 0.29) is 5.78 Å². The number of carbonyl (C=O) groups is 1. The van der Waals surface area contributed by atoms with E-state index >= 15 is 0 Å². The lowest BCUT2D eigenvalue weighted by atomic mass is 10.1. The molecular weight excluding hydrogens is 384 g/mol. The van der Waals surface area contributed by atoms with E-state index in [0.29, 0.717) is 23.7 Å². The van der Waals surface area contributed by atoms with Crippen LogP contribution in [0.4, 0.5) is 0 Å². The standard InChI is InChI=1S/C19H23BrN2O3/c1-6-22-13(4)18(12(3)21-22)16(23)9-8-14-10-15(20)19(25-7-2)17(11-14)24-5/h8-11H,6-7H2,1-5H3/b9-8-. The number of methoxy groups -OCH3 is 1. The Morgan fingerprint density at radius 3 is 2.60 bits per heavy atom. The van der Waals surface area contributed by atoms with Gasteiger partial charge in [-0.15, -0.1) is 0 Å². The van der Waals surface area contributed by atoms with Crippen LogP contribution in [0.25, 0.3) is 6.08 Å². The summed E-state index contributed by atoms with van der Waals surface area (Å²) in [6.45, 7) is 8.99. The zero-order valence-electron chi connectivity index (χ0n) is 15.2. The van der Waals surface area contributed by atoms with Crippen molar-refractivity contribution in [1.29, 1.82) is 0 Å². The molecule has 0 atom stereocenters. The van der Waals surface area contributed by atoms with Crippen LogP contribution in [-0.4, -0.2) is 29.3 Å². The number of hydrogen-bond donors (Lipinski definition) is 0. The van der Waals surface area contributed by atoms with Gasteiger partial charge in [0.15, 0.2) is 17.3 Å². The third kappa shape index (κ3) is 4.12. The summed E-state index contributed by atoms with van der Waals surface area (Å²) in [5.74, 6) is 1.22. The fraction of sp³-hybridized carbons (Fsp3) is 0.368. The van der Waals surface area contributed by atoms with Crippen molar-refractivity contribution in [2.75, 3.05) is 13.7 Å². The summed E-state index contributed by atoms with van der Waals surface area (Å²) in [5, 5.41) is 4.40. The van der Waals surface area contributed by atoms with Gasteiger partial charge in [-0.1, -0.05) is 6.08 Å². The molecule has 0 aliphatic carbocycles. The van der Waals surface area contributed by atoms with E-state index in [4.69, 9.17) is 9.47 Å². The summed E-state index contributed by atoms with van der Waals surface area (Å²) in [6, 6.07) is 3.74. The third-order valence-electron chi connectivity index (χ3n) is 3.90. The van der Waals surface area contributed by atoms with E-state index in [9.17, 15) is 4.79 Å². The number of ketones is 1. The molecular formula is C19H23BrN2O3. The van der Waals surface area contributed by atoms with Crippen molar-refractivity contribution in [3.8, 4) is 11.5 Å². The first kappa shape index (κ1) is 19.2. The molecule has 0 aliphatic rings. The zero-order valence-corrected chi connectivity index (χ0v) is 16.8. The third-order valence-corrected chi connectivity index (χ3v) is 4.48. The zero-order chi connectivity index (χ0) is 18.6. The molecule has 0 aliphatic heterocycles. The molecule has 0 saturated carbocycles. The molecule has 0 unspecified atom stereocenters. The van der Waals surface area contributed by atoms with Crippen molar-refractivity contribution in [2.24, 2.45) is 0 Å². The van der Waals surface area contributed by atoms with Gasteiger partial charge >= 0.3 is 0 Å². The van der Waals surface area contributed by atoms with Gasteiger partial charge in [0.05, 0.1) is 29.4 Å². The monoisotopic (exact) mass is 406 g/mol. The van der Waals surface area contributed by atoms with Gasteiger partial charge in [-0.3, -0.25) is 9.48 Å². The smallest absolute Gasteiger partial charge is 0.189 e. The predicted octanol–water partition coefficient (Wildman–Crippen LogP) is 4.59. The summed E-state index contributed by atoms with van der Waals surface area (Å²) < 4.78 is 13.6. The lowest BCUT2D eigenvalue weighted by Crippen LogP contribution is -2.02. The summed E-state index contributed by atoms with van der Waals surface area (Å²) in [5.41, 5.74) is 3.15. The van der Waals surface area contributed by atoms with Crippen molar-refractivity contribution in [2.45, 2.75) is 34.2 Å². The minimum atomic E-state index is -0.0568. The highest BCUT2D eigenvalue weighted by Gasteiger charge is 2.16. The Hall–Kier alpha value is -2.08. The van der Waals surface area contributed by atoms with Crippen molar-refractivity contribution in [1.82, 2.24) is 9.78 Å². The van der Waals surface area contributed by atoms with E-state index in [0.717, 1.165) is 28.0 Å². The Kier molecular flexibility index (Phi) is 6.42. The minimum absolute atomic E-state index is 0.0568. The molecule has 1 aromatic carbocycles. The van der Waals surface area contributed by atoms with Crippen molar-refractivity contribution in [3.05, 3.63) is 45.2 Å². The number of hydrogen-bond acceptors (Lipinski definition) is 4. The first-order valence-corrected chi connectivity index (χ1v) is 8.98. The van der Waals surface area contributed by atoms with Crippen molar-refractivity contribution in [3.63, 3.8) is 0 Å². The van der Waals surface area contributed by atoms with Gasteiger partial charge in [0.1, 0.15) is 0 Å². The van der Waals surface area contributed by atoms with Gasteiger partial charge < -0.3 is 9.47 Å². The van der Waals surface area contributed by atoms with Gasteiger partial charge in [-0.25, -0.2) is 0 Å². The molecule has 0 saturated heterocycles. The van der Waals surface area contributed by atoms with Crippen LogP contribution in [-0.2, 0) is 6.54 Å². The molecule has 0 spiro atoms. The van der Waals surface area contributed by atoms with Gasteiger partial charge in [-0.05, 0) is 67.4 Å². The Bertz CT molecular complexity index is 809. The highest BCUT2D eigenvalue weighted by Crippen LogP contribution is 2.37. The van der Waals surface area contributed by atoms with Crippen LogP contribution in [0.2, 0.25) is 0 Å². The molecule has 25 heavy (non-hydrogen) atoms. The van der Waals surface area contributed by atoms with Crippen LogP contribution in [0.3, 0.4) is 0 Å². The molecule has 0 bridgehead atoms. The first-order valence-electron chi connectivity index (χ1n) is 8.19. The SMILES string of the molecule is CCOc1c(Br)cc(/C=C\C(=O)c2c(C)nn(CC)c2C)cc1OC. The van der Waals surface area contributed by atoms with E-state index in [2.05, 4.69) is 21.0 Å². The molecule has 5 nitrogen and oxygen atoms in total. The Morgan fingerprint density at radius 1 is 1.32 bits per heavy atom. The molecule has 0 amide bonds. The largest absolute Gasteiger partial charge is 0.493 e. The maximum Gasteiger partial charge on any atom is 0.189 e. The maximum atomic E-state index is 12.6. The number of halogens is 1. The molecule has 134 valence electrons. The van der Waals surface area contributed by atoms with Crippen molar-refractivity contribution >= 4 is 27.8 Å². The second-order valence-corrected chi connectivity index (χ2v) is 6.38. The summed E-state index contributed by atoms with van der Waals surface area (Å²) in [4.78, 5) is 12.6.